The summed E-state index contributed by atoms with van der Waals surface area (Å²) in [6.45, 7) is 0. The van der Waals surface area contributed by atoms with Crippen LogP contribution in [0.1, 0.15) is 0 Å². The Labute approximate surface area is 174 Å². The van der Waals surface area contributed by atoms with Gasteiger partial charge in [-0.05, 0) is 30.3 Å². The van der Waals surface area contributed by atoms with E-state index in [1.54, 1.807) is 29.8 Å². The molecule has 9 heteroatoms. The molecule has 30 heavy (non-hydrogen) atoms. The molecule has 3 aromatic heterocycles. The first-order chi connectivity index (χ1) is 14.4. The highest BCUT2D eigenvalue weighted by molar-refractivity contribution is 6.32. The maximum absolute atomic E-state index is 12.9. The molecule has 0 saturated heterocycles. The molecule has 0 atom stereocenters. The van der Waals surface area contributed by atoms with E-state index in [0.717, 1.165) is 21.5 Å². The average Bonchev–Trinajstić information content (AvgIpc) is 3.29. The Hall–Kier alpha value is -3.78. The van der Waals surface area contributed by atoms with E-state index >= 15 is 0 Å². The van der Waals surface area contributed by atoms with E-state index in [0.29, 0.717) is 16.9 Å². The molecule has 8 nitrogen and oxygen atoms in total. The summed E-state index contributed by atoms with van der Waals surface area (Å²) in [6, 6.07) is 14.5. The molecule has 1 N–H and O–H groups in total. The van der Waals surface area contributed by atoms with E-state index in [1.165, 1.54) is 17.7 Å². The number of imidazole rings is 2. The van der Waals surface area contributed by atoms with Crippen LogP contribution in [0.5, 0.6) is 5.75 Å². The van der Waals surface area contributed by atoms with Gasteiger partial charge in [-0.25, -0.2) is 4.79 Å². The smallest absolute Gasteiger partial charge is 0.332 e. The molecule has 0 unspecified atom stereocenters. The molecular weight excluding hydrogens is 406 g/mol. The Bertz CT molecular complexity index is 1570. The summed E-state index contributed by atoms with van der Waals surface area (Å²) in [7, 11) is 3.03. The standard InChI is InChI=1S/C21H16ClN5O3/c1-24-18-17(19(29)25(2)21(24)30)26-11-15(12-8-9-16(28)14(22)10-12)27(20(26)23-18)13-6-4-3-5-7-13/h3-11,28H,1-2H3. The van der Waals surface area contributed by atoms with Crippen LogP contribution in [0.4, 0.5) is 0 Å². The molecule has 2 aromatic carbocycles. The van der Waals surface area contributed by atoms with Gasteiger partial charge in [0.15, 0.2) is 11.2 Å². The lowest BCUT2D eigenvalue weighted by atomic mass is 10.1. The highest BCUT2D eigenvalue weighted by Crippen LogP contribution is 2.33. The number of halogens is 1. The van der Waals surface area contributed by atoms with Gasteiger partial charge in [-0.15, -0.1) is 0 Å². The number of phenolic OH excluding ortho intramolecular Hbond substituents is 1. The van der Waals surface area contributed by atoms with Crippen molar-refractivity contribution in [3.63, 3.8) is 0 Å². The number of hydrogen-bond acceptors (Lipinski definition) is 4. The molecule has 0 aliphatic heterocycles. The van der Waals surface area contributed by atoms with Crippen LogP contribution < -0.4 is 11.2 Å². The molecular formula is C21H16ClN5O3. The van der Waals surface area contributed by atoms with Gasteiger partial charge in [0, 0.05) is 31.5 Å². The Morgan fingerprint density at radius 2 is 1.73 bits per heavy atom. The first kappa shape index (κ1) is 18.3. The van der Waals surface area contributed by atoms with Crippen molar-refractivity contribution in [2.75, 3.05) is 0 Å². The van der Waals surface area contributed by atoms with Gasteiger partial charge in [0.1, 0.15) is 5.75 Å². The third kappa shape index (κ3) is 2.44. The lowest BCUT2D eigenvalue weighted by Gasteiger charge is -2.09. The Morgan fingerprint density at radius 1 is 1.00 bits per heavy atom. The average molecular weight is 422 g/mol. The van der Waals surface area contributed by atoms with Gasteiger partial charge in [-0.1, -0.05) is 29.8 Å². The molecule has 3 heterocycles. The summed E-state index contributed by atoms with van der Waals surface area (Å²) >= 11 is 6.14. The molecule has 0 saturated carbocycles. The van der Waals surface area contributed by atoms with Crippen LogP contribution in [-0.2, 0) is 14.1 Å². The number of para-hydroxylation sites is 1. The molecule has 0 spiro atoms. The fraction of sp³-hybridized carbons (Fsp3) is 0.0952. The fourth-order valence-corrected chi connectivity index (χ4v) is 3.85. The van der Waals surface area contributed by atoms with E-state index in [1.807, 2.05) is 34.9 Å². The quantitative estimate of drug-likeness (QED) is 0.475. The molecule has 0 radical (unpaired) electrons. The number of aromatic hydroxyl groups is 1. The lowest BCUT2D eigenvalue weighted by molar-refractivity contribution is 0.475. The monoisotopic (exact) mass is 421 g/mol. The summed E-state index contributed by atoms with van der Waals surface area (Å²) in [5.41, 5.74) is 2.02. The predicted octanol–water partition coefficient (Wildman–Crippen LogP) is 2.70. The number of fused-ring (bicyclic) bond motifs is 3. The second-order valence-corrected chi connectivity index (χ2v) is 7.42. The predicted molar refractivity (Wildman–Crippen MR) is 115 cm³/mol. The summed E-state index contributed by atoms with van der Waals surface area (Å²) in [5.74, 6) is 0.464. The van der Waals surface area contributed by atoms with Crippen LogP contribution in [0.2, 0.25) is 5.02 Å². The van der Waals surface area contributed by atoms with Gasteiger partial charge in [0.05, 0.1) is 10.7 Å². The number of rotatable bonds is 2. The van der Waals surface area contributed by atoms with Crippen LogP contribution in [0.3, 0.4) is 0 Å². The molecule has 0 amide bonds. The van der Waals surface area contributed by atoms with Crippen molar-refractivity contribution in [2.24, 2.45) is 14.1 Å². The van der Waals surface area contributed by atoms with Crippen molar-refractivity contribution in [1.82, 2.24) is 23.1 Å². The van der Waals surface area contributed by atoms with E-state index in [4.69, 9.17) is 11.6 Å². The number of aryl methyl sites for hydroxylation is 1. The van der Waals surface area contributed by atoms with Crippen molar-refractivity contribution in [3.8, 4) is 22.7 Å². The summed E-state index contributed by atoms with van der Waals surface area (Å²) in [5, 5.41) is 10.0. The highest BCUT2D eigenvalue weighted by Gasteiger charge is 2.21. The maximum atomic E-state index is 12.9. The minimum absolute atomic E-state index is 0.0164. The maximum Gasteiger partial charge on any atom is 0.332 e. The highest BCUT2D eigenvalue weighted by atomic mass is 35.5. The molecule has 0 bridgehead atoms. The fourth-order valence-electron chi connectivity index (χ4n) is 3.67. The minimum atomic E-state index is -0.440. The molecule has 0 fully saturated rings. The van der Waals surface area contributed by atoms with Crippen LogP contribution in [-0.4, -0.2) is 28.2 Å². The van der Waals surface area contributed by atoms with Crippen LogP contribution in [0.15, 0.2) is 64.3 Å². The van der Waals surface area contributed by atoms with Crippen molar-refractivity contribution >= 4 is 28.5 Å². The van der Waals surface area contributed by atoms with Gasteiger partial charge in [0.2, 0.25) is 5.78 Å². The number of aromatic nitrogens is 5. The molecule has 0 aliphatic rings. The van der Waals surface area contributed by atoms with Crippen LogP contribution in [0, 0.1) is 0 Å². The molecule has 0 aliphatic carbocycles. The molecule has 150 valence electrons. The number of hydrogen-bond donors (Lipinski definition) is 1. The van der Waals surface area contributed by atoms with Crippen molar-refractivity contribution in [3.05, 3.63) is 80.6 Å². The Morgan fingerprint density at radius 3 is 2.43 bits per heavy atom. The van der Waals surface area contributed by atoms with Crippen LogP contribution in [0.25, 0.3) is 33.9 Å². The van der Waals surface area contributed by atoms with E-state index in [2.05, 4.69) is 4.98 Å². The third-order valence-electron chi connectivity index (χ3n) is 5.22. The van der Waals surface area contributed by atoms with E-state index < -0.39 is 11.2 Å². The summed E-state index contributed by atoms with van der Waals surface area (Å²) < 4.78 is 5.98. The third-order valence-corrected chi connectivity index (χ3v) is 5.53. The second-order valence-electron chi connectivity index (χ2n) is 7.01. The van der Waals surface area contributed by atoms with E-state index in [-0.39, 0.29) is 10.8 Å². The van der Waals surface area contributed by atoms with Gasteiger partial charge < -0.3 is 5.11 Å². The normalized spacial score (nSPS) is 11.6. The summed E-state index contributed by atoms with van der Waals surface area (Å²) in [6.07, 6.45) is 1.78. The van der Waals surface area contributed by atoms with Crippen molar-refractivity contribution in [1.29, 1.82) is 0 Å². The van der Waals surface area contributed by atoms with Crippen molar-refractivity contribution in [2.45, 2.75) is 0 Å². The summed E-state index contributed by atoms with van der Waals surface area (Å²) in [4.78, 5) is 29.9. The Balaban J connectivity index is 1.97. The lowest BCUT2D eigenvalue weighted by Crippen LogP contribution is -2.37. The zero-order valence-corrected chi connectivity index (χ0v) is 16.8. The zero-order valence-electron chi connectivity index (χ0n) is 16.1. The largest absolute Gasteiger partial charge is 0.506 e. The van der Waals surface area contributed by atoms with Gasteiger partial charge in [-0.2, -0.15) is 4.98 Å². The van der Waals surface area contributed by atoms with Gasteiger partial charge in [-0.3, -0.25) is 22.9 Å². The topological polar surface area (TPSA) is 86.5 Å². The first-order valence-corrected chi connectivity index (χ1v) is 9.50. The first-order valence-electron chi connectivity index (χ1n) is 9.12. The number of benzene rings is 2. The van der Waals surface area contributed by atoms with E-state index in [9.17, 15) is 14.7 Å². The minimum Gasteiger partial charge on any atom is -0.506 e. The van der Waals surface area contributed by atoms with Crippen LogP contribution >= 0.6 is 11.6 Å². The number of phenols is 1. The molecule has 5 rings (SSSR count). The van der Waals surface area contributed by atoms with Gasteiger partial charge >= 0.3 is 5.69 Å². The zero-order chi connectivity index (χ0) is 21.2. The Kier molecular flexibility index (Phi) is 3.87. The second kappa shape index (κ2) is 6.36. The van der Waals surface area contributed by atoms with Crippen molar-refractivity contribution < 1.29 is 5.11 Å². The SMILES string of the molecule is Cn1c(=O)c2c(nc3n(-c4ccccc4)c(-c4ccc(O)c(Cl)c4)cn23)n(C)c1=O. The van der Waals surface area contributed by atoms with Gasteiger partial charge in [0.25, 0.3) is 5.56 Å². The molecule has 5 aromatic rings. The number of nitrogens with zero attached hydrogens (tertiary/aromatic N) is 5.